The fraction of sp³-hybridized carbons (Fsp3) is 0.947. The molecular formula is C19H39NO. The van der Waals surface area contributed by atoms with Gasteiger partial charge in [0.15, 0.2) is 0 Å². The van der Waals surface area contributed by atoms with E-state index in [9.17, 15) is 4.79 Å². The summed E-state index contributed by atoms with van der Waals surface area (Å²) in [5.74, 6) is 0.305. The molecule has 0 spiro atoms. The summed E-state index contributed by atoms with van der Waals surface area (Å²) < 4.78 is 0. The molecule has 0 atom stereocenters. The zero-order valence-corrected chi connectivity index (χ0v) is 15.5. The van der Waals surface area contributed by atoms with Crippen LogP contribution in [0.1, 0.15) is 98.8 Å². The van der Waals surface area contributed by atoms with Crippen LogP contribution in [0.25, 0.3) is 0 Å². The van der Waals surface area contributed by atoms with Gasteiger partial charge in [-0.25, -0.2) is 0 Å². The van der Waals surface area contributed by atoms with Crippen LogP contribution < -0.4 is 5.32 Å². The second-order valence-corrected chi connectivity index (χ2v) is 6.32. The maximum Gasteiger partial charge on any atom is 0.225 e. The molecule has 0 radical (unpaired) electrons. The number of hydrogen-bond donors (Lipinski definition) is 1. The molecule has 0 unspecified atom stereocenters. The molecule has 3 rings (SSSR count). The van der Waals surface area contributed by atoms with Crippen LogP contribution in [0.3, 0.4) is 0 Å². The van der Waals surface area contributed by atoms with Crippen molar-refractivity contribution in [1.82, 2.24) is 5.32 Å². The lowest BCUT2D eigenvalue weighted by atomic mass is 9.52. The zero-order valence-electron chi connectivity index (χ0n) is 15.5. The molecule has 3 fully saturated rings. The molecule has 126 valence electrons. The van der Waals surface area contributed by atoms with E-state index < -0.39 is 0 Å². The third kappa shape index (κ3) is 5.00. The Hall–Kier alpha value is -0.530. The molecule has 21 heavy (non-hydrogen) atoms. The van der Waals surface area contributed by atoms with Crippen LogP contribution in [-0.2, 0) is 4.79 Å². The summed E-state index contributed by atoms with van der Waals surface area (Å²) in [5.41, 5.74) is 0.631. The number of unbranched alkanes of at least 4 members (excludes halogenated alkanes) is 2. The number of carbonyl (C=O) groups excluding carboxylic acids is 1. The van der Waals surface area contributed by atoms with Crippen molar-refractivity contribution in [1.29, 1.82) is 0 Å². The first-order valence-corrected chi connectivity index (χ1v) is 9.39. The molecule has 0 aliphatic heterocycles. The maximum atomic E-state index is 12.0. The average Bonchev–Trinajstić information content (AvgIpc) is 2.59. The smallest absolute Gasteiger partial charge is 0.225 e. The van der Waals surface area contributed by atoms with Gasteiger partial charge in [0.2, 0.25) is 5.91 Å². The topological polar surface area (TPSA) is 29.1 Å². The molecule has 0 aromatic carbocycles. The second kappa shape index (κ2) is 10.2. The van der Waals surface area contributed by atoms with Gasteiger partial charge in [0.25, 0.3) is 0 Å². The Kier molecular flexibility index (Phi) is 9.98. The molecule has 2 nitrogen and oxygen atoms in total. The lowest BCUT2D eigenvalue weighted by Gasteiger charge is -2.52. The van der Waals surface area contributed by atoms with Crippen LogP contribution in [0, 0.1) is 10.8 Å². The second-order valence-electron chi connectivity index (χ2n) is 6.32. The number of hydrogen-bond acceptors (Lipinski definition) is 1. The van der Waals surface area contributed by atoms with Crippen LogP contribution >= 0.6 is 0 Å². The van der Waals surface area contributed by atoms with E-state index in [1.807, 2.05) is 27.7 Å². The molecule has 3 saturated carbocycles. The van der Waals surface area contributed by atoms with E-state index >= 15 is 0 Å². The molecular weight excluding hydrogens is 258 g/mol. The predicted octanol–water partition coefficient (Wildman–Crippen LogP) is 5.71. The Morgan fingerprint density at radius 3 is 1.76 bits per heavy atom. The molecule has 0 saturated heterocycles. The minimum absolute atomic E-state index is 0.0151. The summed E-state index contributed by atoms with van der Waals surface area (Å²) in [6, 6.07) is 0. The van der Waals surface area contributed by atoms with Gasteiger partial charge in [0.05, 0.1) is 0 Å². The highest BCUT2D eigenvalue weighted by Gasteiger charge is 2.51. The largest absolute Gasteiger partial charge is 0.359 e. The Morgan fingerprint density at radius 1 is 0.905 bits per heavy atom. The molecule has 3 aliphatic carbocycles. The highest BCUT2D eigenvalue weighted by molar-refractivity contribution is 5.82. The molecule has 2 heteroatoms. The van der Waals surface area contributed by atoms with Crippen molar-refractivity contribution >= 4 is 5.91 Å². The number of nitrogens with one attached hydrogen (secondary N) is 1. The first-order chi connectivity index (χ1) is 10.2. The summed E-state index contributed by atoms with van der Waals surface area (Å²) >= 11 is 0. The third-order valence-corrected chi connectivity index (χ3v) is 5.42. The van der Waals surface area contributed by atoms with Crippen molar-refractivity contribution < 1.29 is 4.79 Å². The first-order valence-electron chi connectivity index (χ1n) is 9.39. The van der Waals surface area contributed by atoms with Crippen LogP contribution in [0.5, 0.6) is 0 Å². The van der Waals surface area contributed by atoms with E-state index in [1.54, 1.807) is 7.05 Å². The Balaban J connectivity index is 0.000000921. The number of rotatable bonds is 5. The Morgan fingerprint density at radius 2 is 1.38 bits per heavy atom. The van der Waals surface area contributed by atoms with Crippen molar-refractivity contribution in [2.24, 2.45) is 10.8 Å². The average molecular weight is 298 g/mol. The highest BCUT2D eigenvalue weighted by atomic mass is 16.2. The van der Waals surface area contributed by atoms with E-state index in [0.717, 1.165) is 19.3 Å². The van der Waals surface area contributed by atoms with Crippen molar-refractivity contribution in [2.45, 2.75) is 98.8 Å². The summed E-state index contributed by atoms with van der Waals surface area (Å²) in [7, 11) is 1.79. The van der Waals surface area contributed by atoms with Gasteiger partial charge >= 0.3 is 0 Å². The van der Waals surface area contributed by atoms with Gasteiger partial charge in [-0.05, 0) is 50.4 Å². The van der Waals surface area contributed by atoms with Crippen LogP contribution in [0.15, 0.2) is 0 Å². The lowest BCUT2D eigenvalue weighted by molar-refractivity contribution is -0.140. The maximum absolute atomic E-state index is 12.0. The number of carbonyl (C=O) groups is 1. The fourth-order valence-corrected chi connectivity index (χ4v) is 3.99. The third-order valence-electron chi connectivity index (χ3n) is 5.42. The molecule has 2 bridgehead atoms. The van der Waals surface area contributed by atoms with Crippen LogP contribution in [0.4, 0.5) is 0 Å². The minimum atomic E-state index is 0.0151. The van der Waals surface area contributed by atoms with Crippen molar-refractivity contribution in [3.05, 3.63) is 0 Å². The normalized spacial score (nSPS) is 29.6. The monoisotopic (exact) mass is 297 g/mol. The van der Waals surface area contributed by atoms with Gasteiger partial charge in [0.1, 0.15) is 0 Å². The van der Waals surface area contributed by atoms with E-state index in [1.165, 1.54) is 44.9 Å². The molecule has 1 N–H and O–H groups in total. The van der Waals surface area contributed by atoms with Crippen molar-refractivity contribution in [2.75, 3.05) is 7.05 Å². The summed E-state index contributed by atoms with van der Waals surface area (Å²) in [4.78, 5) is 12.0. The SMILES string of the molecule is CC.CC.CCCCCC12CCC(C(=O)NC)(CC1)CC2. The van der Waals surface area contributed by atoms with Crippen LogP contribution in [0.2, 0.25) is 0 Å². The fourth-order valence-electron chi connectivity index (χ4n) is 3.99. The summed E-state index contributed by atoms with van der Waals surface area (Å²) in [6.07, 6.45) is 12.8. The quantitative estimate of drug-likeness (QED) is 0.647. The summed E-state index contributed by atoms with van der Waals surface area (Å²) in [6.45, 7) is 10.3. The van der Waals surface area contributed by atoms with Gasteiger partial charge in [-0.2, -0.15) is 0 Å². The number of amides is 1. The van der Waals surface area contributed by atoms with Crippen molar-refractivity contribution in [3.63, 3.8) is 0 Å². The number of fused-ring (bicyclic) bond motifs is 3. The van der Waals surface area contributed by atoms with Gasteiger partial charge in [-0.3, -0.25) is 4.79 Å². The van der Waals surface area contributed by atoms with Crippen molar-refractivity contribution in [3.8, 4) is 0 Å². The molecule has 3 aliphatic rings. The Labute approximate surface area is 133 Å². The summed E-state index contributed by atoms with van der Waals surface area (Å²) in [5, 5.41) is 2.88. The first kappa shape index (κ1) is 20.5. The van der Waals surface area contributed by atoms with E-state index in [2.05, 4.69) is 12.2 Å². The van der Waals surface area contributed by atoms with E-state index in [4.69, 9.17) is 0 Å². The molecule has 0 aromatic rings. The van der Waals surface area contributed by atoms with Gasteiger partial charge < -0.3 is 5.32 Å². The Bertz CT molecular complexity index is 261. The lowest BCUT2D eigenvalue weighted by Crippen LogP contribution is -2.49. The predicted molar refractivity (Wildman–Crippen MR) is 93.5 cm³/mol. The standard InChI is InChI=1S/C15H27NO.2C2H6/c1-3-4-5-6-14-7-10-15(11-8-14,12-9-14)13(17)16-2;2*1-2/h3-12H2,1-2H3,(H,16,17);2*1-2H3. The highest BCUT2D eigenvalue weighted by Crippen LogP contribution is 2.58. The van der Waals surface area contributed by atoms with Gasteiger partial charge in [0, 0.05) is 12.5 Å². The van der Waals surface area contributed by atoms with Crippen LogP contribution in [-0.4, -0.2) is 13.0 Å². The molecule has 0 aromatic heterocycles. The van der Waals surface area contributed by atoms with Gasteiger partial charge in [-0.1, -0.05) is 53.9 Å². The zero-order chi connectivity index (χ0) is 16.4. The molecule has 1 amide bonds. The van der Waals surface area contributed by atoms with E-state index in [0.29, 0.717) is 11.3 Å². The van der Waals surface area contributed by atoms with Gasteiger partial charge in [-0.15, -0.1) is 0 Å². The van der Waals surface area contributed by atoms with E-state index in [-0.39, 0.29) is 5.41 Å². The minimum Gasteiger partial charge on any atom is -0.359 e. The molecule has 0 heterocycles.